The van der Waals surface area contributed by atoms with Crippen LogP contribution in [0.5, 0.6) is 0 Å². The molecule has 0 aliphatic carbocycles. The molecule has 0 spiro atoms. The van der Waals surface area contributed by atoms with Gasteiger partial charge in [-0.15, -0.1) is 0 Å². The molecule has 0 saturated carbocycles. The first kappa shape index (κ1) is 21.0. The fourth-order valence-corrected chi connectivity index (χ4v) is 3.18. The van der Waals surface area contributed by atoms with Gasteiger partial charge >= 0.3 is 0 Å². The van der Waals surface area contributed by atoms with Crippen LogP contribution in [0.3, 0.4) is 0 Å². The second-order valence-corrected chi connectivity index (χ2v) is 7.74. The van der Waals surface area contributed by atoms with Crippen molar-refractivity contribution in [1.82, 2.24) is 10.3 Å². The monoisotopic (exact) mass is 398 g/mol. The van der Waals surface area contributed by atoms with Crippen LogP contribution >= 0.6 is 0 Å². The van der Waals surface area contributed by atoms with E-state index in [1.807, 2.05) is 32.0 Å². The Morgan fingerprint density at radius 3 is 2.41 bits per heavy atom. The van der Waals surface area contributed by atoms with E-state index in [1.165, 1.54) is 12.1 Å². The maximum atomic E-state index is 13.1. The number of aromatic amines is 1. The lowest BCUT2D eigenvalue weighted by Crippen LogP contribution is -2.33. The van der Waals surface area contributed by atoms with E-state index in [0.717, 1.165) is 22.0 Å². The van der Waals surface area contributed by atoms with Crippen molar-refractivity contribution in [3.05, 3.63) is 60.0 Å². The van der Waals surface area contributed by atoms with E-state index < -0.39 is 12.2 Å². The number of rotatable bonds is 8. The minimum absolute atomic E-state index is 0.125. The Bertz CT molecular complexity index is 966. The van der Waals surface area contributed by atoms with Crippen LogP contribution in [0.25, 0.3) is 22.0 Å². The summed E-state index contributed by atoms with van der Waals surface area (Å²) in [5.41, 5.74) is 3.02. The highest BCUT2D eigenvalue weighted by atomic mass is 19.1. The van der Waals surface area contributed by atoms with Gasteiger partial charge in [-0.25, -0.2) is 4.39 Å². The van der Waals surface area contributed by atoms with Crippen molar-refractivity contribution in [2.24, 2.45) is 5.92 Å². The van der Waals surface area contributed by atoms with Crippen molar-refractivity contribution >= 4 is 16.8 Å². The van der Waals surface area contributed by atoms with Crippen LogP contribution in [0, 0.1) is 11.7 Å². The fourth-order valence-electron chi connectivity index (χ4n) is 3.18. The van der Waals surface area contributed by atoms with Gasteiger partial charge in [0.1, 0.15) is 11.5 Å². The Morgan fingerprint density at radius 2 is 1.72 bits per heavy atom. The average Bonchev–Trinajstić information content (AvgIpc) is 3.14. The second kappa shape index (κ2) is 9.20. The maximum absolute atomic E-state index is 13.1. The molecule has 29 heavy (non-hydrogen) atoms. The molecule has 3 aromatic rings. The summed E-state index contributed by atoms with van der Waals surface area (Å²) >= 11 is 0. The van der Waals surface area contributed by atoms with E-state index in [4.69, 9.17) is 0 Å². The molecule has 154 valence electrons. The van der Waals surface area contributed by atoms with Gasteiger partial charge in [-0.05, 0) is 54.2 Å². The number of aliphatic hydroxyl groups excluding tert-OH is 2. The molecule has 0 saturated heterocycles. The minimum Gasteiger partial charge on any atom is -0.393 e. The molecule has 2 unspecified atom stereocenters. The Hall–Kier alpha value is -2.70. The lowest BCUT2D eigenvalue weighted by molar-refractivity contribution is 0.0792. The standard InChI is InChI=1S/C23H27FN2O3/c1-14(2)22(28)10-9-19(27)13-25-23(29)21-12-17-4-3-16(11-20(17)26-21)15-5-7-18(24)8-6-15/h3-8,11-12,14,19,22,26-28H,9-10,13H2,1-2H3,(H,25,29). The zero-order valence-corrected chi connectivity index (χ0v) is 16.7. The molecule has 3 rings (SSSR count). The highest BCUT2D eigenvalue weighted by Gasteiger charge is 2.15. The molecule has 5 nitrogen and oxygen atoms in total. The topological polar surface area (TPSA) is 85.3 Å². The number of amides is 1. The van der Waals surface area contributed by atoms with E-state index in [9.17, 15) is 19.4 Å². The number of H-pyrrole nitrogens is 1. The number of hydrogen-bond acceptors (Lipinski definition) is 3. The first-order valence-electron chi connectivity index (χ1n) is 9.86. The minimum atomic E-state index is -0.707. The number of hydrogen-bond donors (Lipinski definition) is 4. The predicted octanol–water partition coefficient (Wildman–Crippen LogP) is 3.86. The van der Waals surface area contributed by atoms with Gasteiger partial charge < -0.3 is 20.5 Å². The van der Waals surface area contributed by atoms with Crippen LogP contribution in [0.1, 0.15) is 37.2 Å². The summed E-state index contributed by atoms with van der Waals surface area (Å²) in [5.74, 6) is -0.439. The van der Waals surface area contributed by atoms with Gasteiger partial charge in [0.25, 0.3) is 5.91 Å². The number of aromatic nitrogens is 1. The van der Waals surface area contributed by atoms with Gasteiger partial charge in [-0.1, -0.05) is 38.1 Å². The molecular weight excluding hydrogens is 371 g/mol. The van der Waals surface area contributed by atoms with Crippen molar-refractivity contribution in [3.63, 3.8) is 0 Å². The van der Waals surface area contributed by atoms with E-state index >= 15 is 0 Å². The maximum Gasteiger partial charge on any atom is 0.267 e. The number of carbonyl (C=O) groups excluding carboxylic acids is 1. The smallest absolute Gasteiger partial charge is 0.267 e. The number of halogens is 1. The molecular formula is C23H27FN2O3. The summed E-state index contributed by atoms with van der Waals surface area (Å²) in [5, 5.41) is 23.5. The first-order valence-corrected chi connectivity index (χ1v) is 9.86. The molecule has 1 aromatic heterocycles. The Balaban J connectivity index is 1.62. The van der Waals surface area contributed by atoms with Crippen molar-refractivity contribution < 1.29 is 19.4 Å². The quantitative estimate of drug-likeness (QED) is 0.465. The van der Waals surface area contributed by atoms with Crippen molar-refractivity contribution in [3.8, 4) is 11.1 Å². The molecule has 4 N–H and O–H groups in total. The summed E-state index contributed by atoms with van der Waals surface area (Å²) in [6.45, 7) is 3.98. The Labute approximate surface area is 169 Å². The third-order valence-electron chi connectivity index (χ3n) is 5.11. The number of carbonyl (C=O) groups is 1. The summed E-state index contributed by atoms with van der Waals surface area (Å²) in [6, 6.07) is 13.8. The van der Waals surface area contributed by atoms with E-state index in [2.05, 4.69) is 10.3 Å². The van der Waals surface area contributed by atoms with Crippen molar-refractivity contribution in [2.45, 2.75) is 38.9 Å². The zero-order valence-electron chi connectivity index (χ0n) is 16.7. The number of aliphatic hydroxyl groups is 2. The van der Waals surface area contributed by atoms with Gasteiger partial charge in [-0.3, -0.25) is 4.79 Å². The highest BCUT2D eigenvalue weighted by Crippen LogP contribution is 2.25. The third kappa shape index (κ3) is 5.43. The molecule has 0 aliphatic rings. The molecule has 6 heteroatoms. The third-order valence-corrected chi connectivity index (χ3v) is 5.11. The number of benzene rings is 2. The SMILES string of the molecule is CC(C)C(O)CCC(O)CNC(=O)c1cc2ccc(-c3ccc(F)cc3)cc2[nH]1. The molecule has 2 aromatic carbocycles. The Kier molecular flexibility index (Phi) is 6.67. The van der Waals surface area contributed by atoms with Gasteiger partial charge in [0.2, 0.25) is 0 Å². The van der Waals surface area contributed by atoms with E-state index in [0.29, 0.717) is 18.5 Å². The summed E-state index contributed by atoms with van der Waals surface area (Å²) in [7, 11) is 0. The van der Waals surface area contributed by atoms with Gasteiger partial charge in [0, 0.05) is 17.4 Å². The lowest BCUT2D eigenvalue weighted by atomic mass is 10.0. The summed E-state index contributed by atoms with van der Waals surface area (Å²) in [6.07, 6.45) is -0.244. The van der Waals surface area contributed by atoms with Crippen LogP contribution in [0.2, 0.25) is 0 Å². The lowest BCUT2D eigenvalue weighted by Gasteiger charge is -2.17. The van der Waals surface area contributed by atoms with Gasteiger partial charge in [-0.2, -0.15) is 0 Å². The zero-order chi connectivity index (χ0) is 21.0. The highest BCUT2D eigenvalue weighted by molar-refractivity contribution is 5.98. The second-order valence-electron chi connectivity index (χ2n) is 7.74. The van der Waals surface area contributed by atoms with Crippen LogP contribution in [-0.4, -0.2) is 39.9 Å². The molecule has 0 fully saturated rings. The summed E-state index contributed by atoms with van der Waals surface area (Å²) in [4.78, 5) is 15.5. The van der Waals surface area contributed by atoms with Crippen LogP contribution in [0.15, 0.2) is 48.5 Å². The fraction of sp³-hybridized carbons (Fsp3) is 0.348. The molecule has 0 radical (unpaired) electrons. The van der Waals surface area contributed by atoms with Crippen LogP contribution in [-0.2, 0) is 0 Å². The van der Waals surface area contributed by atoms with Gasteiger partial charge in [0.05, 0.1) is 12.2 Å². The molecule has 1 amide bonds. The largest absolute Gasteiger partial charge is 0.393 e. The normalized spacial score (nSPS) is 13.6. The first-order chi connectivity index (χ1) is 13.8. The van der Waals surface area contributed by atoms with Crippen molar-refractivity contribution in [2.75, 3.05) is 6.54 Å². The molecule has 0 bridgehead atoms. The van der Waals surface area contributed by atoms with E-state index in [1.54, 1.807) is 18.2 Å². The van der Waals surface area contributed by atoms with Gasteiger partial charge in [0.15, 0.2) is 0 Å². The van der Waals surface area contributed by atoms with Crippen LogP contribution < -0.4 is 5.32 Å². The molecule has 2 atom stereocenters. The number of nitrogens with one attached hydrogen (secondary N) is 2. The van der Waals surface area contributed by atoms with E-state index in [-0.39, 0.29) is 24.2 Å². The molecule has 0 aliphatic heterocycles. The predicted molar refractivity (Wildman–Crippen MR) is 112 cm³/mol. The average molecular weight is 398 g/mol. The molecule has 1 heterocycles. The number of fused-ring (bicyclic) bond motifs is 1. The Morgan fingerprint density at radius 1 is 1.03 bits per heavy atom. The summed E-state index contributed by atoms with van der Waals surface area (Å²) < 4.78 is 13.1. The van der Waals surface area contributed by atoms with Crippen molar-refractivity contribution in [1.29, 1.82) is 0 Å². The van der Waals surface area contributed by atoms with Crippen LogP contribution in [0.4, 0.5) is 4.39 Å².